The SMILES string of the molecule is CCNC(=O)NC(C#N)C1CC1. The number of nitrogens with zero attached hydrogens (tertiary/aromatic N) is 1. The third-order valence-corrected chi connectivity index (χ3v) is 1.86. The second kappa shape index (κ2) is 3.96. The molecular weight excluding hydrogens is 154 g/mol. The van der Waals surface area contributed by atoms with E-state index in [1.807, 2.05) is 6.92 Å². The van der Waals surface area contributed by atoms with Crippen LogP contribution in [0.2, 0.25) is 0 Å². The van der Waals surface area contributed by atoms with E-state index in [1.54, 1.807) is 0 Å². The van der Waals surface area contributed by atoms with Crippen molar-refractivity contribution in [2.24, 2.45) is 5.92 Å². The molecular formula is C8H13N3O. The Bertz CT molecular complexity index is 205. The van der Waals surface area contributed by atoms with Gasteiger partial charge in [-0.2, -0.15) is 5.26 Å². The summed E-state index contributed by atoms with van der Waals surface area (Å²) in [5, 5.41) is 13.9. The van der Waals surface area contributed by atoms with E-state index in [4.69, 9.17) is 5.26 Å². The van der Waals surface area contributed by atoms with Crippen LogP contribution in [-0.2, 0) is 0 Å². The normalized spacial score (nSPS) is 17.7. The lowest BCUT2D eigenvalue weighted by Gasteiger charge is -2.09. The largest absolute Gasteiger partial charge is 0.338 e. The molecule has 0 aromatic carbocycles. The lowest BCUT2D eigenvalue weighted by molar-refractivity contribution is 0.238. The van der Waals surface area contributed by atoms with Crippen LogP contribution in [-0.4, -0.2) is 18.6 Å². The summed E-state index contributed by atoms with van der Waals surface area (Å²) in [5.41, 5.74) is 0. The molecule has 1 atom stereocenters. The van der Waals surface area contributed by atoms with Crippen LogP contribution < -0.4 is 10.6 Å². The van der Waals surface area contributed by atoms with Crippen molar-refractivity contribution in [3.8, 4) is 6.07 Å². The van der Waals surface area contributed by atoms with Gasteiger partial charge in [0.25, 0.3) is 0 Å². The highest BCUT2D eigenvalue weighted by atomic mass is 16.2. The molecule has 12 heavy (non-hydrogen) atoms. The minimum Gasteiger partial charge on any atom is -0.338 e. The summed E-state index contributed by atoms with van der Waals surface area (Å²) in [7, 11) is 0. The van der Waals surface area contributed by atoms with Crippen LogP contribution in [0.5, 0.6) is 0 Å². The van der Waals surface area contributed by atoms with Crippen LogP contribution >= 0.6 is 0 Å². The molecule has 66 valence electrons. The molecule has 1 saturated carbocycles. The highest BCUT2D eigenvalue weighted by Crippen LogP contribution is 2.32. The Labute approximate surface area is 71.9 Å². The second-order valence-electron chi connectivity index (χ2n) is 2.95. The number of carbonyl (C=O) groups is 1. The fourth-order valence-corrected chi connectivity index (χ4v) is 1.04. The molecule has 0 spiro atoms. The van der Waals surface area contributed by atoms with Crippen molar-refractivity contribution in [3.63, 3.8) is 0 Å². The zero-order valence-electron chi connectivity index (χ0n) is 7.13. The smallest absolute Gasteiger partial charge is 0.315 e. The van der Waals surface area contributed by atoms with Crippen LogP contribution in [0, 0.1) is 17.2 Å². The molecule has 1 unspecified atom stereocenters. The quantitative estimate of drug-likeness (QED) is 0.646. The van der Waals surface area contributed by atoms with E-state index in [2.05, 4.69) is 16.7 Å². The second-order valence-corrected chi connectivity index (χ2v) is 2.95. The summed E-state index contributed by atoms with van der Waals surface area (Å²) in [5.74, 6) is 0.387. The molecule has 1 aliphatic rings. The van der Waals surface area contributed by atoms with Crippen LogP contribution in [0.15, 0.2) is 0 Å². The molecule has 1 fully saturated rings. The molecule has 0 heterocycles. The van der Waals surface area contributed by atoms with Gasteiger partial charge in [0.1, 0.15) is 6.04 Å². The molecule has 0 aromatic rings. The van der Waals surface area contributed by atoms with E-state index in [9.17, 15) is 4.79 Å². The van der Waals surface area contributed by atoms with Crippen molar-refractivity contribution in [1.29, 1.82) is 5.26 Å². The van der Waals surface area contributed by atoms with Gasteiger partial charge >= 0.3 is 6.03 Å². The van der Waals surface area contributed by atoms with Gasteiger partial charge in [-0.3, -0.25) is 0 Å². The molecule has 2 N–H and O–H groups in total. The van der Waals surface area contributed by atoms with Crippen molar-refractivity contribution >= 4 is 6.03 Å². The highest BCUT2D eigenvalue weighted by Gasteiger charge is 2.32. The topological polar surface area (TPSA) is 64.9 Å². The number of carbonyl (C=O) groups excluding carboxylic acids is 1. The summed E-state index contributed by atoms with van der Waals surface area (Å²) in [4.78, 5) is 11.0. The Morgan fingerprint density at radius 2 is 2.42 bits per heavy atom. The van der Waals surface area contributed by atoms with E-state index in [1.165, 1.54) is 0 Å². The maximum Gasteiger partial charge on any atom is 0.315 e. The fourth-order valence-electron chi connectivity index (χ4n) is 1.04. The molecule has 1 aliphatic carbocycles. The van der Waals surface area contributed by atoms with E-state index < -0.39 is 0 Å². The molecule has 4 heteroatoms. The molecule has 2 amide bonds. The predicted octanol–water partition coefficient (Wildman–Crippen LogP) is 0.608. The van der Waals surface area contributed by atoms with Crippen molar-refractivity contribution in [2.75, 3.05) is 6.54 Å². The molecule has 0 radical (unpaired) electrons. The first-order chi connectivity index (χ1) is 5.77. The zero-order chi connectivity index (χ0) is 8.97. The Balaban J connectivity index is 2.27. The highest BCUT2D eigenvalue weighted by molar-refractivity contribution is 5.74. The molecule has 0 saturated heterocycles. The Morgan fingerprint density at radius 3 is 2.83 bits per heavy atom. The van der Waals surface area contributed by atoms with Gasteiger partial charge in [0, 0.05) is 6.54 Å². The van der Waals surface area contributed by atoms with Crippen molar-refractivity contribution in [2.45, 2.75) is 25.8 Å². The van der Waals surface area contributed by atoms with Crippen LogP contribution in [0.1, 0.15) is 19.8 Å². The number of hydrogen-bond donors (Lipinski definition) is 2. The molecule has 0 aromatic heterocycles. The van der Waals surface area contributed by atoms with Gasteiger partial charge in [-0.05, 0) is 25.7 Å². The van der Waals surface area contributed by atoms with Crippen molar-refractivity contribution in [3.05, 3.63) is 0 Å². The summed E-state index contributed by atoms with van der Waals surface area (Å²) in [6.07, 6.45) is 2.12. The molecule has 0 bridgehead atoms. The molecule has 4 nitrogen and oxygen atoms in total. The summed E-state index contributed by atoms with van der Waals surface area (Å²) in [6.45, 7) is 2.44. The van der Waals surface area contributed by atoms with Gasteiger partial charge in [0.15, 0.2) is 0 Å². The minimum absolute atomic E-state index is 0.240. The molecule has 1 rings (SSSR count). The summed E-state index contributed by atoms with van der Waals surface area (Å²) >= 11 is 0. The van der Waals surface area contributed by atoms with Crippen molar-refractivity contribution < 1.29 is 4.79 Å². The minimum atomic E-state index is -0.295. The zero-order valence-corrected chi connectivity index (χ0v) is 7.13. The van der Waals surface area contributed by atoms with Gasteiger partial charge in [-0.1, -0.05) is 0 Å². The Morgan fingerprint density at radius 1 is 1.75 bits per heavy atom. The summed E-state index contributed by atoms with van der Waals surface area (Å²) < 4.78 is 0. The van der Waals surface area contributed by atoms with Crippen LogP contribution in [0.4, 0.5) is 4.79 Å². The first-order valence-corrected chi connectivity index (χ1v) is 4.22. The van der Waals surface area contributed by atoms with Crippen LogP contribution in [0.25, 0.3) is 0 Å². The standard InChI is InChI=1S/C8H13N3O/c1-2-10-8(12)11-7(5-9)6-3-4-6/h6-7H,2-4H2,1H3,(H2,10,11,12). The van der Waals surface area contributed by atoms with E-state index >= 15 is 0 Å². The third kappa shape index (κ3) is 2.42. The lowest BCUT2D eigenvalue weighted by atomic mass is 10.2. The van der Waals surface area contributed by atoms with Gasteiger partial charge in [0.2, 0.25) is 0 Å². The number of rotatable bonds is 3. The fraction of sp³-hybridized carbons (Fsp3) is 0.750. The van der Waals surface area contributed by atoms with Gasteiger partial charge in [-0.15, -0.1) is 0 Å². The van der Waals surface area contributed by atoms with Crippen LogP contribution in [0.3, 0.4) is 0 Å². The Kier molecular flexibility index (Phi) is 2.92. The number of urea groups is 1. The van der Waals surface area contributed by atoms with Gasteiger partial charge < -0.3 is 10.6 Å². The lowest BCUT2D eigenvalue weighted by Crippen LogP contribution is -2.42. The van der Waals surface area contributed by atoms with E-state index in [0.717, 1.165) is 12.8 Å². The third-order valence-electron chi connectivity index (χ3n) is 1.86. The number of amides is 2. The number of hydrogen-bond acceptors (Lipinski definition) is 2. The Hall–Kier alpha value is -1.24. The van der Waals surface area contributed by atoms with Crippen molar-refractivity contribution in [1.82, 2.24) is 10.6 Å². The maximum atomic E-state index is 11.0. The van der Waals surface area contributed by atoms with Gasteiger partial charge in [0.05, 0.1) is 6.07 Å². The average Bonchev–Trinajstić information content (AvgIpc) is 2.83. The van der Waals surface area contributed by atoms with E-state index in [0.29, 0.717) is 12.5 Å². The number of nitrogens with one attached hydrogen (secondary N) is 2. The maximum absolute atomic E-state index is 11.0. The number of nitriles is 1. The first kappa shape index (κ1) is 8.85. The average molecular weight is 167 g/mol. The first-order valence-electron chi connectivity index (χ1n) is 4.22. The van der Waals surface area contributed by atoms with E-state index in [-0.39, 0.29) is 12.1 Å². The van der Waals surface area contributed by atoms with Gasteiger partial charge in [-0.25, -0.2) is 4.79 Å². The predicted molar refractivity (Wildman–Crippen MR) is 44.3 cm³/mol. The summed E-state index contributed by atoms with van der Waals surface area (Å²) in [6, 6.07) is 1.55. The molecule has 0 aliphatic heterocycles. The monoisotopic (exact) mass is 167 g/mol.